The Hall–Kier alpha value is -2.63. The molecule has 0 heterocycles. The predicted molar refractivity (Wildman–Crippen MR) is 112 cm³/mol. The maximum absolute atomic E-state index is 12.4. The number of halogens is 1. The van der Waals surface area contributed by atoms with E-state index in [-0.39, 0.29) is 23.0 Å². The van der Waals surface area contributed by atoms with Crippen molar-refractivity contribution in [1.29, 1.82) is 0 Å². The van der Waals surface area contributed by atoms with Crippen molar-refractivity contribution in [1.82, 2.24) is 0 Å². The highest BCUT2D eigenvalue weighted by Gasteiger charge is 2.17. The van der Waals surface area contributed by atoms with Gasteiger partial charge in [-0.1, -0.05) is 60.1 Å². The average molecular weight is 414 g/mol. The first-order valence-electron chi connectivity index (χ1n) is 8.84. The molecule has 0 fully saturated rings. The lowest BCUT2D eigenvalue weighted by Gasteiger charge is -2.11. The standard InChI is InChI=1S/C22H20ClNO3S/c23-19-10-12-20(13-11-19)28(26,27)15-14-22(25)24-21-9-5-4-8-18(21)16-17-6-2-1-3-7-17/h1-13H,14-16H2,(H,24,25). The number of anilines is 1. The van der Waals surface area contributed by atoms with Gasteiger partial charge in [0.2, 0.25) is 5.91 Å². The second-order valence-corrected chi connectivity index (χ2v) is 8.94. The van der Waals surface area contributed by atoms with E-state index in [2.05, 4.69) is 5.32 Å². The summed E-state index contributed by atoms with van der Waals surface area (Å²) in [6.45, 7) is 0. The molecule has 4 nitrogen and oxygen atoms in total. The summed E-state index contributed by atoms with van der Waals surface area (Å²) in [5.74, 6) is -0.598. The molecule has 0 spiro atoms. The van der Waals surface area contributed by atoms with Crippen LogP contribution < -0.4 is 5.32 Å². The Morgan fingerprint density at radius 1 is 0.857 bits per heavy atom. The van der Waals surface area contributed by atoms with Gasteiger partial charge in [0.1, 0.15) is 0 Å². The van der Waals surface area contributed by atoms with E-state index in [0.29, 0.717) is 17.1 Å². The molecule has 3 aromatic rings. The minimum absolute atomic E-state index is 0.120. The zero-order valence-corrected chi connectivity index (χ0v) is 16.7. The van der Waals surface area contributed by atoms with Crippen LogP contribution in [0.25, 0.3) is 0 Å². The molecule has 0 aliphatic rings. The lowest BCUT2D eigenvalue weighted by atomic mass is 10.0. The summed E-state index contributed by atoms with van der Waals surface area (Å²) in [6, 6.07) is 23.4. The van der Waals surface area contributed by atoms with E-state index in [0.717, 1.165) is 11.1 Å². The Bertz CT molecular complexity index is 1050. The number of amides is 1. The maximum Gasteiger partial charge on any atom is 0.225 e. The summed E-state index contributed by atoms with van der Waals surface area (Å²) < 4.78 is 24.8. The van der Waals surface area contributed by atoms with Crippen LogP contribution in [0.3, 0.4) is 0 Å². The normalized spacial score (nSPS) is 11.2. The predicted octanol–water partition coefficient (Wildman–Crippen LogP) is 4.73. The fraction of sp³-hybridized carbons (Fsp3) is 0.136. The zero-order valence-electron chi connectivity index (χ0n) is 15.1. The highest BCUT2D eigenvalue weighted by Crippen LogP contribution is 2.20. The molecule has 0 aliphatic heterocycles. The van der Waals surface area contributed by atoms with Crippen molar-refractivity contribution in [2.24, 2.45) is 0 Å². The van der Waals surface area contributed by atoms with Crippen LogP contribution in [0.2, 0.25) is 5.02 Å². The Morgan fingerprint density at radius 2 is 1.50 bits per heavy atom. The van der Waals surface area contributed by atoms with Crippen LogP contribution in [0.15, 0.2) is 83.8 Å². The number of para-hydroxylation sites is 1. The molecule has 144 valence electrons. The largest absolute Gasteiger partial charge is 0.326 e. The number of hydrogen-bond donors (Lipinski definition) is 1. The fourth-order valence-corrected chi connectivity index (χ4v) is 4.18. The number of nitrogens with one attached hydrogen (secondary N) is 1. The monoisotopic (exact) mass is 413 g/mol. The summed E-state index contributed by atoms with van der Waals surface area (Å²) in [5, 5.41) is 3.30. The molecule has 0 unspecified atom stereocenters. The van der Waals surface area contributed by atoms with Crippen molar-refractivity contribution >= 4 is 33.0 Å². The smallest absolute Gasteiger partial charge is 0.225 e. The Morgan fingerprint density at radius 3 is 2.21 bits per heavy atom. The van der Waals surface area contributed by atoms with Gasteiger partial charge in [0.25, 0.3) is 0 Å². The van der Waals surface area contributed by atoms with Crippen LogP contribution in [-0.2, 0) is 21.1 Å². The molecule has 28 heavy (non-hydrogen) atoms. The second-order valence-electron chi connectivity index (χ2n) is 6.39. The number of sulfone groups is 1. The molecule has 3 rings (SSSR count). The van der Waals surface area contributed by atoms with Gasteiger partial charge in [0.15, 0.2) is 9.84 Å². The van der Waals surface area contributed by atoms with Crippen LogP contribution in [0, 0.1) is 0 Å². The molecule has 0 saturated heterocycles. The lowest BCUT2D eigenvalue weighted by Crippen LogP contribution is -2.18. The highest BCUT2D eigenvalue weighted by molar-refractivity contribution is 7.91. The third-order valence-electron chi connectivity index (χ3n) is 4.30. The quantitative estimate of drug-likeness (QED) is 0.608. The van der Waals surface area contributed by atoms with E-state index in [1.54, 1.807) is 0 Å². The molecule has 0 radical (unpaired) electrons. The molecule has 0 aliphatic carbocycles. The van der Waals surface area contributed by atoms with Crippen LogP contribution in [-0.4, -0.2) is 20.1 Å². The van der Waals surface area contributed by atoms with Gasteiger partial charge in [0, 0.05) is 17.1 Å². The van der Waals surface area contributed by atoms with Gasteiger partial charge in [-0.25, -0.2) is 8.42 Å². The molecule has 0 bridgehead atoms. The van der Waals surface area contributed by atoms with Gasteiger partial charge in [-0.2, -0.15) is 0 Å². The van der Waals surface area contributed by atoms with E-state index in [1.165, 1.54) is 24.3 Å². The van der Waals surface area contributed by atoms with Crippen molar-refractivity contribution in [3.05, 3.63) is 95.0 Å². The van der Waals surface area contributed by atoms with E-state index >= 15 is 0 Å². The van der Waals surface area contributed by atoms with Crippen LogP contribution in [0.1, 0.15) is 17.5 Å². The minimum atomic E-state index is -3.54. The van der Waals surface area contributed by atoms with Gasteiger partial charge in [0.05, 0.1) is 10.6 Å². The topological polar surface area (TPSA) is 63.2 Å². The van der Waals surface area contributed by atoms with E-state index < -0.39 is 9.84 Å². The summed E-state index contributed by atoms with van der Waals surface area (Å²) in [6.07, 6.45) is 0.561. The molecular formula is C22H20ClNO3S. The maximum atomic E-state index is 12.4. The number of carbonyl (C=O) groups excluding carboxylic acids is 1. The van der Waals surface area contributed by atoms with Crippen LogP contribution in [0.5, 0.6) is 0 Å². The molecule has 6 heteroatoms. The van der Waals surface area contributed by atoms with Crippen molar-refractivity contribution in [3.8, 4) is 0 Å². The molecule has 0 saturated carbocycles. The van der Waals surface area contributed by atoms with Gasteiger partial charge < -0.3 is 5.32 Å². The van der Waals surface area contributed by atoms with Gasteiger partial charge in [-0.3, -0.25) is 4.79 Å². The third-order valence-corrected chi connectivity index (χ3v) is 6.28. The van der Waals surface area contributed by atoms with Crippen LogP contribution >= 0.6 is 11.6 Å². The fourth-order valence-electron chi connectivity index (χ4n) is 2.81. The Kier molecular flexibility index (Phi) is 6.49. The zero-order chi connectivity index (χ0) is 20.0. The average Bonchev–Trinajstić information content (AvgIpc) is 2.69. The Balaban J connectivity index is 1.64. The molecule has 0 aromatic heterocycles. The van der Waals surface area contributed by atoms with E-state index in [4.69, 9.17) is 11.6 Å². The van der Waals surface area contributed by atoms with Gasteiger partial charge in [-0.15, -0.1) is 0 Å². The molecular weight excluding hydrogens is 394 g/mol. The molecule has 3 aromatic carbocycles. The number of rotatable bonds is 7. The van der Waals surface area contributed by atoms with Crippen LogP contribution in [0.4, 0.5) is 5.69 Å². The van der Waals surface area contributed by atoms with Gasteiger partial charge in [-0.05, 0) is 47.9 Å². The minimum Gasteiger partial charge on any atom is -0.326 e. The molecule has 1 N–H and O–H groups in total. The van der Waals surface area contributed by atoms with E-state index in [9.17, 15) is 13.2 Å². The number of carbonyl (C=O) groups is 1. The highest BCUT2D eigenvalue weighted by atomic mass is 35.5. The number of benzene rings is 3. The molecule has 1 amide bonds. The first-order valence-corrected chi connectivity index (χ1v) is 10.9. The van der Waals surface area contributed by atoms with Crippen molar-refractivity contribution in [2.45, 2.75) is 17.7 Å². The first-order chi connectivity index (χ1) is 13.4. The summed E-state index contributed by atoms with van der Waals surface area (Å²) in [7, 11) is -3.54. The molecule has 0 atom stereocenters. The van der Waals surface area contributed by atoms with E-state index in [1.807, 2.05) is 54.6 Å². The van der Waals surface area contributed by atoms with Crippen molar-refractivity contribution < 1.29 is 13.2 Å². The first kappa shape index (κ1) is 20.1. The SMILES string of the molecule is O=C(CCS(=O)(=O)c1ccc(Cl)cc1)Nc1ccccc1Cc1ccccc1. The third kappa shape index (κ3) is 5.44. The lowest BCUT2D eigenvalue weighted by molar-refractivity contribution is -0.115. The summed E-state index contributed by atoms with van der Waals surface area (Å²) >= 11 is 5.79. The van der Waals surface area contributed by atoms with Gasteiger partial charge >= 0.3 is 0 Å². The second kappa shape index (κ2) is 9.04. The van der Waals surface area contributed by atoms with Crippen molar-refractivity contribution in [2.75, 3.05) is 11.1 Å². The summed E-state index contributed by atoms with van der Waals surface area (Å²) in [5.41, 5.74) is 2.80. The Labute approximate surface area is 170 Å². The summed E-state index contributed by atoms with van der Waals surface area (Å²) in [4.78, 5) is 12.5. The number of hydrogen-bond acceptors (Lipinski definition) is 3. The van der Waals surface area contributed by atoms with Crippen molar-refractivity contribution in [3.63, 3.8) is 0 Å².